The Kier molecular flexibility index (Phi) is 9.01. The van der Waals surface area contributed by atoms with Crippen LogP contribution in [0.15, 0.2) is 96.4 Å². The highest BCUT2D eigenvalue weighted by Crippen LogP contribution is 2.45. The number of carbonyl (C=O) groups is 1. The molecule has 0 spiro atoms. The normalized spacial score (nSPS) is 14.5. The van der Waals surface area contributed by atoms with Gasteiger partial charge in [0.25, 0.3) is 0 Å². The number of esters is 1. The van der Waals surface area contributed by atoms with Crippen molar-refractivity contribution in [1.82, 2.24) is 0 Å². The molecule has 4 aromatic carbocycles. The average Bonchev–Trinajstić information content (AvgIpc) is 3.01. The number of aryl methyl sites for hydroxylation is 1. The number of benzene rings is 4. The number of halogens is 1. The summed E-state index contributed by atoms with van der Waals surface area (Å²) < 4.78 is 42.1. The van der Waals surface area contributed by atoms with Crippen LogP contribution in [0.3, 0.4) is 0 Å². The molecule has 5 rings (SSSR count). The zero-order valence-electron chi connectivity index (χ0n) is 24.5. The molecule has 0 amide bonds. The number of nitriles is 1. The van der Waals surface area contributed by atoms with E-state index in [9.17, 15) is 14.4 Å². The van der Waals surface area contributed by atoms with Crippen LogP contribution in [-0.2, 0) is 11.4 Å². The molecule has 1 aliphatic rings. The summed E-state index contributed by atoms with van der Waals surface area (Å²) >= 11 is 0. The standard InChI is InChI=1S/C35H31FN2O6/c1-4-40-32-17-24(9-16-30(32)41-20-23-7-5-21(2)6-8-23)33-28-15-14-27(18-31(28)44-34(38)29(33)19-37)43-35(39)22(3)42-26-12-10-25(36)11-13-26/h5-18,22,33H,4,20,38H2,1-3H3. The predicted octanol–water partition coefficient (Wildman–Crippen LogP) is 6.70. The van der Waals surface area contributed by atoms with E-state index in [-0.39, 0.29) is 17.2 Å². The highest BCUT2D eigenvalue weighted by atomic mass is 19.1. The van der Waals surface area contributed by atoms with Crippen LogP contribution in [0.5, 0.6) is 28.7 Å². The molecule has 224 valence electrons. The molecule has 0 aromatic heterocycles. The number of nitrogens with two attached hydrogens (primary N) is 1. The van der Waals surface area contributed by atoms with E-state index in [0.29, 0.717) is 41.8 Å². The first-order valence-electron chi connectivity index (χ1n) is 14.1. The van der Waals surface area contributed by atoms with E-state index in [4.69, 9.17) is 29.4 Å². The highest BCUT2D eigenvalue weighted by molar-refractivity contribution is 5.77. The quantitative estimate of drug-likeness (QED) is 0.159. The van der Waals surface area contributed by atoms with Crippen molar-refractivity contribution in [2.24, 2.45) is 5.73 Å². The van der Waals surface area contributed by atoms with Gasteiger partial charge in [-0.15, -0.1) is 0 Å². The summed E-state index contributed by atoms with van der Waals surface area (Å²) in [5.74, 6) is 0.257. The summed E-state index contributed by atoms with van der Waals surface area (Å²) in [4.78, 5) is 12.7. The molecule has 1 heterocycles. The molecule has 2 N–H and O–H groups in total. The summed E-state index contributed by atoms with van der Waals surface area (Å²) in [7, 11) is 0. The molecule has 0 fully saturated rings. The fraction of sp³-hybridized carbons (Fsp3) is 0.200. The Morgan fingerprint density at radius 3 is 2.41 bits per heavy atom. The summed E-state index contributed by atoms with van der Waals surface area (Å²) in [5.41, 5.74) is 10.0. The van der Waals surface area contributed by atoms with E-state index in [1.165, 1.54) is 42.8 Å². The van der Waals surface area contributed by atoms with E-state index in [0.717, 1.165) is 11.1 Å². The number of carbonyl (C=O) groups excluding carboxylic acids is 1. The van der Waals surface area contributed by atoms with E-state index in [1.807, 2.05) is 56.3 Å². The molecule has 0 saturated carbocycles. The van der Waals surface area contributed by atoms with Gasteiger partial charge >= 0.3 is 5.97 Å². The minimum Gasteiger partial charge on any atom is -0.490 e. The predicted molar refractivity (Wildman–Crippen MR) is 161 cm³/mol. The second-order valence-electron chi connectivity index (χ2n) is 10.2. The SMILES string of the molecule is CCOc1cc(C2C(C#N)=C(N)Oc3cc(OC(=O)C(C)Oc4ccc(F)cc4)ccc32)ccc1OCc1ccc(C)cc1. The maximum atomic E-state index is 13.2. The summed E-state index contributed by atoms with van der Waals surface area (Å²) in [6.45, 7) is 6.22. The summed E-state index contributed by atoms with van der Waals surface area (Å²) in [6, 6.07) is 26.0. The Labute approximate surface area is 255 Å². The second-order valence-corrected chi connectivity index (χ2v) is 10.2. The zero-order chi connectivity index (χ0) is 31.2. The van der Waals surface area contributed by atoms with Gasteiger partial charge in [-0.1, -0.05) is 42.0 Å². The molecular formula is C35H31FN2O6. The van der Waals surface area contributed by atoms with Crippen molar-refractivity contribution in [3.05, 3.63) is 124 Å². The first-order valence-corrected chi connectivity index (χ1v) is 14.1. The van der Waals surface area contributed by atoms with E-state index in [1.54, 1.807) is 12.1 Å². The van der Waals surface area contributed by atoms with Gasteiger partial charge in [0.1, 0.15) is 41.3 Å². The Morgan fingerprint density at radius 2 is 1.70 bits per heavy atom. The lowest BCUT2D eigenvalue weighted by Gasteiger charge is -2.27. The van der Waals surface area contributed by atoms with Crippen LogP contribution in [0.2, 0.25) is 0 Å². The lowest BCUT2D eigenvalue weighted by atomic mass is 9.83. The minimum atomic E-state index is -0.968. The smallest absolute Gasteiger partial charge is 0.352 e. The number of rotatable bonds is 10. The third-order valence-corrected chi connectivity index (χ3v) is 6.98. The van der Waals surface area contributed by atoms with Crippen molar-refractivity contribution < 1.29 is 32.9 Å². The molecule has 1 aliphatic heterocycles. The molecule has 2 atom stereocenters. The first kappa shape index (κ1) is 30.0. The van der Waals surface area contributed by atoms with Gasteiger partial charge in [0.05, 0.1) is 12.5 Å². The van der Waals surface area contributed by atoms with Crippen molar-refractivity contribution in [3.8, 4) is 34.8 Å². The Hall–Kier alpha value is -5.49. The van der Waals surface area contributed by atoms with Crippen LogP contribution in [0.25, 0.3) is 0 Å². The van der Waals surface area contributed by atoms with Gasteiger partial charge in [-0.2, -0.15) is 5.26 Å². The lowest BCUT2D eigenvalue weighted by Crippen LogP contribution is -2.28. The van der Waals surface area contributed by atoms with Crippen molar-refractivity contribution in [2.75, 3.05) is 6.61 Å². The lowest BCUT2D eigenvalue weighted by molar-refractivity contribution is -0.141. The Morgan fingerprint density at radius 1 is 0.977 bits per heavy atom. The van der Waals surface area contributed by atoms with Gasteiger partial charge in [-0.05, 0) is 74.4 Å². The largest absolute Gasteiger partial charge is 0.490 e. The molecule has 44 heavy (non-hydrogen) atoms. The van der Waals surface area contributed by atoms with Crippen LogP contribution in [0.1, 0.15) is 42.0 Å². The summed E-state index contributed by atoms with van der Waals surface area (Å²) in [5, 5.41) is 10.0. The fourth-order valence-electron chi connectivity index (χ4n) is 4.74. The van der Waals surface area contributed by atoms with Gasteiger partial charge in [0.15, 0.2) is 17.6 Å². The Bertz CT molecular complexity index is 1730. The third-order valence-electron chi connectivity index (χ3n) is 6.98. The van der Waals surface area contributed by atoms with Gasteiger partial charge < -0.3 is 29.4 Å². The van der Waals surface area contributed by atoms with Crippen LogP contribution in [-0.4, -0.2) is 18.7 Å². The maximum Gasteiger partial charge on any atom is 0.352 e. The van der Waals surface area contributed by atoms with Crippen LogP contribution >= 0.6 is 0 Å². The highest BCUT2D eigenvalue weighted by Gasteiger charge is 2.32. The molecule has 0 saturated heterocycles. The molecule has 0 aliphatic carbocycles. The molecule has 2 unspecified atom stereocenters. The molecule has 0 bridgehead atoms. The third kappa shape index (κ3) is 6.76. The summed E-state index contributed by atoms with van der Waals surface area (Å²) in [6.07, 6.45) is -0.968. The zero-order valence-corrected chi connectivity index (χ0v) is 24.5. The second kappa shape index (κ2) is 13.2. The monoisotopic (exact) mass is 594 g/mol. The van der Waals surface area contributed by atoms with Crippen molar-refractivity contribution in [2.45, 2.75) is 39.4 Å². The topological polar surface area (TPSA) is 113 Å². The van der Waals surface area contributed by atoms with Gasteiger partial charge in [0.2, 0.25) is 5.88 Å². The molecule has 0 radical (unpaired) electrons. The number of allylic oxidation sites excluding steroid dienone is 1. The van der Waals surface area contributed by atoms with E-state index < -0.39 is 23.8 Å². The van der Waals surface area contributed by atoms with E-state index in [2.05, 4.69) is 6.07 Å². The van der Waals surface area contributed by atoms with Crippen molar-refractivity contribution in [3.63, 3.8) is 0 Å². The molecular weight excluding hydrogens is 563 g/mol. The van der Waals surface area contributed by atoms with Crippen molar-refractivity contribution >= 4 is 5.97 Å². The van der Waals surface area contributed by atoms with Crippen LogP contribution in [0, 0.1) is 24.1 Å². The Balaban J connectivity index is 1.38. The molecule has 9 heteroatoms. The number of nitrogens with zero attached hydrogens (tertiary/aromatic N) is 1. The number of fused-ring (bicyclic) bond motifs is 1. The molecule has 8 nitrogen and oxygen atoms in total. The number of hydrogen-bond donors (Lipinski definition) is 1. The maximum absolute atomic E-state index is 13.2. The van der Waals surface area contributed by atoms with Crippen LogP contribution < -0.4 is 29.4 Å². The average molecular weight is 595 g/mol. The first-order chi connectivity index (χ1) is 21.2. The van der Waals surface area contributed by atoms with E-state index >= 15 is 0 Å². The van der Waals surface area contributed by atoms with Crippen molar-refractivity contribution in [1.29, 1.82) is 5.26 Å². The minimum absolute atomic E-state index is 0.0563. The fourth-order valence-corrected chi connectivity index (χ4v) is 4.74. The van der Waals surface area contributed by atoms with Crippen LogP contribution in [0.4, 0.5) is 4.39 Å². The van der Waals surface area contributed by atoms with Gasteiger partial charge in [0, 0.05) is 11.6 Å². The van der Waals surface area contributed by atoms with Gasteiger partial charge in [-0.25, -0.2) is 9.18 Å². The number of hydrogen-bond acceptors (Lipinski definition) is 8. The van der Waals surface area contributed by atoms with Gasteiger partial charge in [-0.3, -0.25) is 0 Å². The molecule has 4 aromatic rings. The number of ether oxygens (including phenoxy) is 5.